The molecule has 1 heterocycles. The van der Waals surface area contributed by atoms with Crippen molar-refractivity contribution in [2.24, 2.45) is 0 Å². The SMILES string of the molecule is CNC(=O)c1c(F)ccc(B2OC(C)(C)C(C)(C)O2)c1F. The molecule has 0 saturated carbocycles. The van der Waals surface area contributed by atoms with E-state index in [2.05, 4.69) is 5.32 Å². The van der Waals surface area contributed by atoms with Gasteiger partial charge in [0.25, 0.3) is 5.91 Å². The van der Waals surface area contributed by atoms with Gasteiger partial charge in [-0.2, -0.15) is 0 Å². The normalized spacial score (nSPS) is 19.7. The summed E-state index contributed by atoms with van der Waals surface area (Å²) < 4.78 is 39.6. The molecule has 0 aromatic heterocycles. The minimum Gasteiger partial charge on any atom is -0.399 e. The van der Waals surface area contributed by atoms with Crippen molar-refractivity contribution in [2.45, 2.75) is 38.9 Å². The largest absolute Gasteiger partial charge is 0.497 e. The van der Waals surface area contributed by atoms with Crippen LogP contribution in [0.25, 0.3) is 0 Å². The van der Waals surface area contributed by atoms with E-state index in [9.17, 15) is 13.6 Å². The second kappa shape index (κ2) is 5.07. The molecule has 2 rings (SSSR count). The van der Waals surface area contributed by atoms with Crippen LogP contribution < -0.4 is 10.8 Å². The molecule has 0 aliphatic carbocycles. The van der Waals surface area contributed by atoms with Gasteiger partial charge in [0.05, 0.1) is 11.2 Å². The van der Waals surface area contributed by atoms with Gasteiger partial charge in [0.15, 0.2) is 0 Å². The van der Waals surface area contributed by atoms with E-state index in [1.807, 2.05) is 27.7 Å². The molecule has 7 heteroatoms. The van der Waals surface area contributed by atoms with Crippen LogP contribution in [0.5, 0.6) is 0 Å². The predicted molar refractivity (Wildman–Crippen MR) is 75.5 cm³/mol. The Hall–Kier alpha value is -1.47. The molecule has 114 valence electrons. The van der Waals surface area contributed by atoms with Gasteiger partial charge in [0, 0.05) is 12.5 Å². The van der Waals surface area contributed by atoms with Gasteiger partial charge in [0.2, 0.25) is 0 Å². The van der Waals surface area contributed by atoms with E-state index in [0.29, 0.717) is 0 Å². The van der Waals surface area contributed by atoms with E-state index in [1.54, 1.807) is 0 Å². The van der Waals surface area contributed by atoms with Crippen LogP contribution in [0.1, 0.15) is 38.1 Å². The van der Waals surface area contributed by atoms with Crippen LogP contribution in [0.4, 0.5) is 8.78 Å². The number of benzene rings is 1. The molecule has 0 radical (unpaired) electrons. The third kappa shape index (κ3) is 2.56. The molecule has 4 nitrogen and oxygen atoms in total. The first-order chi connectivity index (χ1) is 9.60. The van der Waals surface area contributed by atoms with Crippen LogP contribution in [-0.4, -0.2) is 31.3 Å². The summed E-state index contributed by atoms with van der Waals surface area (Å²) in [4.78, 5) is 11.6. The molecule has 1 aromatic carbocycles. The van der Waals surface area contributed by atoms with Gasteiger partial charge in [-0.1, -0.05) is 6.07 Å². The fourth-order valence-corrected chi connectivity index (χ4v) is 2.05. The Kier molecular flexibility index (Phi) is 3.84. The summed E-state index contributed by atoms with van der Waals surface area (Å²) in [6.07, 6.45) is 0. The lowest BCUT2D eigenvalue weighted by Gasteiger charge is -2.32. The van der Waals surface area contributed by atoms with Crippen molar-refractivity contribution in [2.75, 3.05) is 7.05 Å². The molecule has 1 amide bonds. The lowest BCUT2D eigenvalue weighted by Crippen LogP contribution is -2.41. The Bertz CT molecular complexity index is 574. The Balaban J connectivity index is 2.46. The summed E-state index contributed by atoms with van der Waals surface area (Å²) in [5.74, 6) is -2.72. The number of amides is 1. The van der Waals surface area contributed by atoms with E-state index < -0.39 is 41.4 Å². The number of carbonyl (C=O) groups is 1. The fraction of sp³-hybridized carbons (Fsp3) is 0.500. The molecule has 1 saturated heterocycles. The third-order valence-electron chi connectivity index (χ3n) is 4.08. The van der Waals surface area contributed by atoms with Crippen molar-refractivity contribution in [3.8, 4) is 0 Å². The van der Waals surface area contributed by atoms with E-state index >= 15 is 0 Å². The first kappa shape index (κ1) is 15.9. The highest BCUT2D eigenvalue weighted by molar-refractivity contribution is 6.62. The van der Waals surface area contributed by atoms with Crippen molar-refractivity contribution in [3.63, 3.8) is 0 Å². The number of hydrogen-bond donors (Lipinski definition) is 1. The first-order valence-corrected chi connectivity index (χ1v) is 6.66. The van der Waals surface area contributed by atoms with Gasteiger partial charge < -0.3 is 14.6 Å². The molecular weight excluding hydrogens is 279 g/mol. The molecule has 1 aliphatic heterocycles. The highest BCUT2D eigenvalue weighted by Crippen LogP contribution is 2.36. The van der Waals surface area contributed by atoms with E-state index in [4.69, 9.17) is 9.31 Å². The van der Waals surface area contributed by atoms with Crippen molar-refractivity contribution in [1.82, 2.24) is 5.32 Å². The number of nitrogens with one attached hydrogen (secondary N) is 1. The molecule has 0 bridgehead atoms. The zero-order valence-corrected chi connectivity index (χ0v) is 12.7. The van der Waals surface area contributed by atoms with Crippen LogP contribution in [0, 0.1) is 11.6 Å². The smallest absolute Gasteiger partial charge is 0.399 e. The van der Waals surface area contributed by atoms with Crippen molar-refractivity contribution < 1.29 is 22.9 Å². The Morgan fingerprint density at radius 1 is 1.14 bits per heavy atom. The number of halogens is 2. The minimum atomic E-state index is -0.987. The Morgan fingerprint density at radius 2 is 1.67 bits per heavy atom. The lowest BCUT2D eigenvalue weighted by atomic mass is 9.77. The summed E-state index contributed by atoms with van der Waals surface area (Å²) in [6, 6.07) is 2.27. The Labute approximate surface area is 123 Å². The van der Waals surface area contributed by atoms with Gasteiger partial charge in [-0.3, -0.25) is 4.79 Å². The molecule has 1 N–H and O–H groups in total. The van der Waals surface area contributed by atoms with Crippen LogP contribution >= 0.6 is 0 Å². The maximum atomic E-state index is 14.5. The molecule has 1 aliphatic rings. The van der Waals surface area contributed by atoms with Gasteiger partial charge in [0.1, 0.15) is 17.2 Å². The van der Waals surface area contributed by atoms with E-state index in [0.717, 1.165) is 6.07 Å². The highest BCUT2D eigenvalue weighted by atomic mass is 19.1. The third-order valence-corrected chi connectivity index (χ3v) is 4.08. The van der Waals surface area contributed by atoms with Gasteiger partial charge >= 0.3 is 7.12 Å². The zero-order chi connectivity index (χ0) is 16.0. The van der Waals surface area contributed by atoms with Crippen LogP contribution in [0.2, 0.25) is 0 Å². The van der Waals surface area contributed by atoms with Crippen molar-refractivity contribution >= 4 is 18.5 Å². The first-order valence-electron chi connectivity index (χ1n) is 6.66. The van der Waals surface area contributed by atoms with Crippen LogP contribution in [-0.2, 0) is 9.31 Å². The fourth-order valence-electron chi connectivity index (χ4n) is 2.05. The summed E-state index contributed by atoms with van der Waals surface area (Å²) >= 11 is 0. The van der Waals surface area contributed by atoms with Gasteiger partial charge in [-0.25, -0.2) is 8.78 Å². The number of carbonyl (C=O) groups excluding carboxylic acids is 1. The maximum Gasteiger partial charge on any atom is 0.497 e. The maximum absolute atomic E-state index is 14.5. The molecule has 21 heavy (non-hydrogen) atoms. The zero-order valence-electron chi connectivity index (χ0n) is 12.7. The van der Waals surface area contributed by atoms with E-state index in [-0.39, 0.29) is 5.46 Å². The topological polar surface area (TPSA) is 47.6 Å². The van der Waals surface area contributed by atoms with Crippen LogP contribution in [0.3, 0.4) is 0 Å². The lowest BCUT2D eigenvalue weighted by molar-refractivity contribution is 0.00578. The molecule has 0 atom stereocenters. The molecule has 1 fully saturated rings. The molecule has 0 spiro atoms. The number of rotatable bonds is 2. The highest BCUT2D eigenvalue weighted by Gasteiger charge is 2.52. The second-order valence-electron chi connectivity index (χ2n) is 5.99. The molecule has 1 aromatic rings. The quantitative estimate of drug-likeness (QED) is 0.844. The monoisotopic (exact) mass is 297 g/mol. The van der Waals surface area contributed by atoms with Crippen molar-refractivity contribution in [3.05, 3.63) is 29.3 Å². The standard InChI is InChI=1S/C14H18BF2NO3/c1-13(2)14(3,4)21-15(20-13)8-6-7-9(16)10(11(8)17)12(19)18-5/h6-7H,1-5H3,(H,18,19). The summed E-state index contributed by atoms with van der Waals surface area (Å²) in [7, 11) is 0.321. The summed E-state index contributed by atoms with van der Waals surface area (Å²) in [5, 5.41) is 2.21. The molecule has 0 unspecified atom stereocenters. The average molecular weight is 297 g/mol. The average Bonchev–Trinajstić information content (AvgIpc) is 2.57. The predicted octanol–water partition coefficient (Wildman–Crippen LogP) is 1.62. The summed E-state index contributed by atoms with van der Waals surface area (Å²) in [5.41, 5.74) is -1.92. The van der Waals surface area contributed by atoms with Gasteiger partial charge in [-0.15, -0.1) is 0 Å². The van der Waals surface area contributed by atoms with Crippen LogP contribution in [0.15, 0.2) is 12.1 Å². The molecular formula is C14H18BF2NO3. The number of hydrogen-bond acceptors (Lipinski definition) is 3. The summed E-state index contributed by atoms with van der Waals surface area (Å²) in [6.45, 7) is 7.31. The second-order valence-corrected chi connectivity index (χ2v) is 5.99. The Morgan fingerprint density at radius 3 is 2.14 bits per heavy atom. The van der Waals surface area contributed by atoms with E-state index in [1.165, 1.54) is 13.1 Å². The van der Waals surface area contributed by atoms with Gasteiger partial charge in [-0.05, 0) is 33.8 Å². The minimum absolute atomic E-state index is 0.00801. The van der Waals surface area contributed by atoms with Crippen molar-refractivity contribution in [1.29, 1.82) is 0 Å².